The number of rotatable bonds is 6. The van der Waals surface area contributed by atoms with Gasteiger partial charge in [0.05, 0.1) is 34.5 Å². The Labute approximate surface area is 177 Å². The Morgan fingerprint density at radius 3 is 2.21 bits per heavy atom. The predicted molar refractivity (Wildman–Crippen MR) is 118 cm³/mol. The summed E-state index contributed by atoms with van der Waals surface area (Å²) in [5.41, 5.74) is 3.59. The molecule has 2 aromatic rings. The van der Waals surface area contributed by atoms with Crippen LogP contribution in [0.15, 0.2) is 30.3 Å². The van der Waals surface area contributed by atoms with Crippen molar-refractivity contribution < 1.29 is 18.9 Å². The minimum absolute atomic E-state index is 0.0663. The topological polar surface area (TPSA) is 52.2 Å². The summed E-state index contributed by atoms with van der Waals surface area (Å²) in [6, 6.07) is 10.2. The zero-order valence-corrected chi connectivity index (χ0v) is 18.4. The Bertz CT molecular complexity index is 887. The zero-order chi connectivity index (χ0) is 21.0. The first-order valence-electron chi connectivity index (χ1n) is 9.50. The largest absolute Gasteiger partial charge is 0.493 e. The molecule has 0 bridgehead atoms. The smallest absolute Gasteiger partial charge is 0.169 e. The van der Waals surface area contributed by atoms with Gasteiger partial charge in [-0.15, -0.1) is 0 Å². The molecule has 0 aromatic heterocycles. The van der Waals surface area contributed by atoms with E-state index in [0.717, 1.165) is 47.3 Å². The van der Waals surface area contributed by atoms with E-state index in [-0.39, 0.29) is 6.04 Å². The highest BCUT2D eigenvalue weighted by atomic mass is 32.1. The van der Waals surface area contributed by atoms with Crippen LogP contribution in [0.4, 0.5) is 0 Å². The number of benzene rings is 2. The van der Waals surface area contributed by atoms with Crippen LogP contribution < -0.4 is 24.3 Å². The van der Waals surface area contributed by atoms with E-state index in [4.69, 9.17) is 31.2 Å². The molecule has 0 aliphatic carbocycles. The molecule has 1 heterocycles. The fourth-order valence-corrected chi connectivity index (χ4v) is 4.08. The first kappa shape index (κ1) is 21.0. The van der Waals surface area contributed by atoms with Crippen molar-refractivity contribution >= 4 is 17.3 Å². The highest BCUT2D eigenvalue weighted by Crippen LogP contribution is 2.40. The Kier molecular flexibility index (Phi) is 6.69. The molecular formula is C22H28N2O4S. The van der Waals surface area contributed by atoms with Gasteiger partial charge in [0.25, 0.3) is 0 Å². The van der Waals surface area contributed by atoms with Gasteiger partial charge in [0.2, 0.25) is 0 Å². The number of methoxy groups -OCH3 is 4. The van der Waals surface area contributed by atoms with Crippen LogP contribution in [-0.4, -0.2) is 52.0 Å². The molecule has 0 radical (unpaired) electrons. The van der Waals surface area contributed by atoms with Gasteiger partial charge in [-0.2, -0.15) is 0 Å². The standard InChI is InChI=1S/C22H28N2O4S/c1-23-22(29)24-9-8-15-12-20(27-4)21(28-5)13-16(15)17(24)10-14-6-7-18(25-2)19(11-14)26-3/h6-7,11-13,17H,8-10H2,1-5H3,(H,23,29)/t17-/m0/s1. The SMILES string of the molecule is CNC(=S)N1CCc2cc(OC)c(OC)cc2[C@@H]1Cc1ccc(OC)c(OC)c1. The molecule has 6 nitrogen and oxygen atoms in total. The highest BCUT2D eigenvalue weighted by molar-refractivity contribution is 7.80. The number of thiocarbonyl (C=S) groups is 1. The molecule has 1 aliphatic heterocycles. The van der Waals surface area contributed by atoms with Crippen molar-refractivity contribution in [2.75, 3.05) is 42.0 Å². The summed E-state index contributed by atoms with van der Waals surface area (Å²) in [6.07, 6.45) is 1.66. The third-order valence-corrected chi connectivity index (χ3v) is 5.79. The van der Waals surface area contributed by atoms with Crippen molar-refractivity contribution in [1.82, 2.24) is 10.2 Å². The van der Waals surface area contributed by atoms with Gasteiger partial charge >= 0.3 is 0 Å². The lowest BCUT2D eigenvalue weighted by molar-refractivity contribution is 0.290. The summed E-state index contributed by atoms with van der Waals surface area (Å²) >= 11 is 5.61. The Hall–Kier alpha value is -2.67. The van der Waals surface area contributed by atoms with Crippen LogP contribution in [0, 0.1) is 0 Å². The normalized spacial score (nSPS) is 15.3. The average Bonchev–Trinajstić information content (AvgIpc) is 2.77. The lowest BCUT2D eigenvalue weighted by Crippen LogP contribution is -2.45. The van der Waals surface area contributed by atoms with Crippen molar-refractivity contribution in [2.24, 2.45) is 0 Å². The maximum atomic E-state index is 5.61. The van der Waals surface area contributed by atoms with Crippen LogP contribution in [0.25, 0.3) is 0 Å². The Morgan fingerprint density at radius 1 is 0.966 bits per heavy atom. The lowest BCUT2D eigenvalue weighted by atomic mass is 9.88. The van der Waals surface area contributed by atoms with E-state index < -0.39 is 0 Å². The van der Waals surface area contributed by atoms with E-state index in [1.807, 2.05) is 19.2 Å². The molecular weight excluding hydrogens is 388 g/mol. The van der Waals surface area contributed by atoms with Crippen molar-refractivity contribution in [3.63, 3.8) is 0 Å². The molecule has 1 atom stereocenters. The van der Waals surface area contributed by atoms with Crippen LogP contribution in [-0.2, 0) is 12.8 Å². The molecule has 0 saturated carbocycles. The molecule has 1 aliphatic rings. The van der Waals surface area contributed by atoms with E-state index >= 15 is 0 Å². The third kappa shape index (κ3) is 4.19. The van der Waals surface area contributed by atoms with E-state index in [1.165, 1.54) is 11.1 Å². The van der Waals surface area contributed by atoms with E-state index in [9.17, 15) is 0 Å². The highest BCUT2D eigenvalue weighted by Gasteiger charge is 2.30. The second kappa shape index (κ2) is 9.22. The number of nitrogens with one attached hydrogen (secondary N) is 1. The van der Waals surface area contributed by atoms with E-state index in [0.29, 0.717) is 5.75 Å². The van der Waals surface area contributed by atoms with Crippen LogP contribution in [0.2, 0.25) is 0 Å². The predicted octanol–water partition coefficient (Wildman–Crippen LogP) is 3.37. The minimum atomic E-state index is 0.0663. The quantitative estimate of drug-likeness (QED) is 0.725. The molecule has 29 heavy (non-hydrogen) atoms. The van der Waals surface area contributed by atoms with Gasteiger partial charge in [-0.05, 0) is 66.0 Å². The molecule has 0 amide bonds. The number of ether oxygens (including phenoxy) is 4. The molecule has 3 rings (SSSR count). The van der Waals surface area contributed by atoms with Gasteiger partial charge < -0.3 is 29.2 Å². The average molecular weight is 417 g/mol. The van der Waals surface area contributed by atoms with Gasteiger partial charge in [-0.3, -0.25) is 0 Å². The first-order valence-corrected chi connectivity index (χ1v) is 9.91. The molecule has 0 spiro atoms. The van der Waals surface area contributed by atoms with Gasteiger partial charge in [-0.25, -0.2) is 0 Å². The molecule has 1 N–H and O–H groups in total. The number of hydrogen-bond acceptors (Lipinski definition) is 5. The summed E-state index contributed by atoms with van der Waals surface area (Å²) in [7, 11) is 8.47. The molecule has 0 unspecified atom stereocenters. The maximum Gasteiger partial charge on any atom is 0.169 e. The monoisotopic (exact) mass is 416 g/mol. The van der Waals surface area contributed by atoms with Gasteiger partial charge in [0.1, 0.15) is 0 Å². The van der Waals surface area contributed by atoms with Crippen molar-refractivity contribution in [2.45, 2.75) is 18.9 Å². The van der Waals surface area contributed by atoms with Crippen molar-refractivity contribution in [3.8, 4) is 23.0 Å². The van der Waals surface area contributed by atoms with E-state index in [1.54, 1.807) is 28.4 Å². The molecule has 0 fully saturated rings. The maximum absolute atomic E-state index is 5.61. The summed E-state index contributed by atoms with van der Waals surface area (Å²) in [5.74, 6) is 2.91. The van der Waals surface area contributed by atoms with Crippen molar-refractivity contribution in [1.29, 1.82) is 0 Å². The lowest BCUT2D eigenvalue weighted by Gasteiger charge is -2.39. The second-order valence-electron chi connectivity index (χ2n) is 6.81. The fraction of sp³-hybridized carbons (Fsp3) is 0.409. The first-order chi connectivity index (χ1) is 14.1. The van der Waals surface area contributed by atoms with Gasteiger partial charge in [0.15, 0.2) is 28.1 Å². The Balaban J connectivity index is 2.04. The second-order valence-corrected chi connectivity index (χ2v) is 7.20. The number of nitrogens with zero attached hydrogens (tertiary/aromatic N) is 1. The van der Waals surface area contributed by atoms with Crippen LogP contribution in [0.3, 0.4) is 0 Å². The van der Waals surface area contributed by atoms with Crippen LogP contribution >= 0.6 is 12.2 Å². The number of hydrogen-bond donors (Lipinski definition) is 1. The van der Waals surface area contributed by atoms with E-state index in [2.05, 4.69) is 28.4 Å². The summed E-state index contributed by atoms with van der Waals surface area (Å²) < 4.78 is 21.9. The zero-order valence-electron chi connectivity index (χ0n) is 17.6. The van der Waals surface area contributed by atoms with Crippen molar-refractivity contribution in [3.05, 3.63) is 47.0 Å². The molecule has 0 saturated heterocycles. The summed E-state index contributed by atoms with van der Waals surface area (Å²) in [4.78, 5) is 2.24. The fourth-order valence-electron chi connectivity index (χ4n) is 3.87. The van der Waals surface area contributed by atoms with Gasteiger partial charge in [0, 0.05) is 13.6 Å². The van der Waals surface area contributed by atoms with Crippen LogP contribution in [0.5, 0.6) is 23.0 Å². The summed E-state index contributed by atoms with van der Waals surface area (Å²) in [6.45, 7) is 0.833. The number of fused-ring (bicyclic) bond motifs is 1. The Morgan fingerprint density at radius 2 is 1.59 bits per heavy atom. The molecule has 156 valence electrons. The minimum Gasteiger partial charge on any atom is -0.493 e. The molecule has 2 aromatic carbocycles. The van der Waals surface area contributed by atoms with Crippen LogP contribution in [0.1, 0.15) is 22.7 Å². The summed E-state index contributed by atoms with van der Waals surface area (Å²) in [5, 5.41) is 3.86. The molecule has 7 heteroatoms. The van der Waals surface area contributed by atoms with Gasteiger partial charge in [-0.1, -0.05) is 6.07 Å². The third-order valence-electron chi connectivity index (χ3n) is 5.35.